The van der Waals surface area contributed by atoms with E-state index in [1.54, 1.807) is 49.1 Å². The van der Waals surface area contributed by atoms with E-state index >= 15 is 0 Å². The summed E-state index contributed by atoms with van der Waals surface area (Å²) in [6, 6.07) is 9.56. The molecule has 0 radical (unpaired) electrons. The molecule has 0 aliphatic rings. The highest BCUT2D eigenvalue weighted by molar-refractivity contribution is 5.84. The molecule has 3 aromatic rings. The van der Waals surface area contributed by atoms with Crippen LogP contribution in [-0.4, -0.2) is 20.0 Å². The number of nitrogens with zero attached hydrogens (tertiary/aromatic N) is 3. The van der Waals surface area contributed by atoms with E-state index in [0.717, 1.165) is 0 Å². The minimum Gasteiger partial charge on any atom is -0.507 e. The highest BCUT2D eigenvalue weighted by Gasteiger charge is 2.18. The topological polar surface area (TPSA) is 89.2 Å². The molecule has 0 bridgehead atoms. The fourth-order valence-electron chi connectivity index (χ4n) is 2.21. The molecular weight excluding hydrogens is 282 g/mol. The molecule has 0 aliphatic heterocycles. The van der Waals surface area contributed by atoms with E-state index in [1.165, 1.54) is 12.1 Å². The molecule has 0 amide bonds. The number of rotatable bonds is 3. The van der Waals surface area contributed by atoms with Gasteiger partial charge in [-0.15, -0.1) is 0 Å². The third-order valence-corrected chi connectivity index (χ3v) is 3.25. The number of phenolic OH excluding ortho intramolecular Hbond substituents is 1. The maximum Gasteiger partial charge on any atom is 0.270 e. The highest BCUT2D eigenvalue weighted by atomic mass is 16.6. The lowest BCUT2D eigenvalue weighted by Crippen LogP contribution is -1.92. The number of pyridine rings is 2. The van der Waals surface area contributed by atoms with Crippen LogP contribution < -0.4 is 0 Å². The number of hydrogen-bond acceptors (Lipinski definition) is 5. The van der Waals surface area contributed by atoms with E-state index in [4.69, 9.17) is 0 Å². The molecule has 6 nitrogen and oxygen atoms in total. The van der Waals surface area contributed by atoms with E-state index < -0.39 is 4.92 Å². The molecule has 108 valence electrons. The first-order chi connectivity index (χ1) is 10.7. The average Bonchev–Trinajstić information content (AvgIpc) is 2.56. The molecule has 0 spiro atoms. The minimum absolute atomic E-state index is 0.0356. The zero-order valence-corrected chi connectivity index (χ0v) is 11.4. The third-order valence-electron chi connectivity index (χ3n) is 3.25. The fourth-order valence-corrected chi connectivity index (χ4v) is 2.21. The molecule has 0 atom stereocenters. The van der Waals surface area contributed by atoms with Gasteiger partial charge in [0, 0.05) is 59.2 Å². The fraction of sp³-hybridized carbons (Fsp3) is 0. The van der Waals surface area contributed by atoms with E-state index in [9.17, 15) is 15.2 Å². The molecule has 6 heteroatoms. The van der Waals surface area contributed by atoms with Crippen molar-refractivity contribution < 1.29 is 10.0 Å². The third kappa shape index (κ3) is 2.49. The predicted molar refractivity (Wildman–Crippen MR) is 81.2 cm³/mol. The molecule has 1 N–H and O–H groups in total. The first-order valence-electron chi connectivity index (χ1n) is 6.49. The van der Waals surface area contributed by atoms with Crippen LogP contribution >= 0.6 is 0 Å². The van der Waals surface area contributed by atoms with Gasteiger partial charge in [0.15, 0.2) is 0 Å². The summed E-state index contributed by atoms with van der Waals surface area (Å²) in [6.45, 7) is 0. The Morgan fingerprint density at radius 1 is 0.955 bits per heavy atom. The van der Waals surface area contributed by atoms with Crippen LogP contribution in [-0.2, 0) is 0 Å². The van der Waals surface area contributed by atoms with Crippen LogP contribution in [0.4, 0.5) is 5.69 Å². The summed E-state index contributed by atoms with van der Waals surface area (Å²) in [4.78, 5) is 18.7. The Bertz CT molecular complexity index is 760. The van der Waals surface area contributed by atoms with Crippen molar-refractivity contribution in [2.45, 2.75) is 0 Å². The lowest BCUT2D eigenvalue weighted by atomic mass is 9.98. The van der Waals surface area contributed by atoms with Crippen molar-refractivity contribution in [3.8, 4) is 28.0 Å². The minimum atomic E-state index is -0.487. The number of nitro groups is 1. The molecular formula is C16H11N3O3. The Hall–Kier alpha value is -3.28. The molecule has 3 rings (SSSR count). The second-order valence-electron chi connectivity index (χ2n) is 4.63. The van der Waals surface area contributed by atoms with Crippen molar-refractivity contribution in [3.05, 3.63) is 71.3 Å². The van der Waals surface area contributed by atoms with Crippen LogP contribution in [0.5, 0.6) is 5.75 Å². The van der Waals surface area contributed by atoms with E-state index in [-0.39, 0.29) is 11.4 Å². The van der Waals surface area contributed by atoms with Crippen molar-refractivity contribution >= 4 is 5.69 Å². The van der Waals surface area contributed by atoms with Gasteiger partial charge in [0.25, 0.3) is 5.69 Å². The van der Waals surface area contributed by atoms with Gasteiger partial charge >= 0.3 is 0 Å². The van der Waals surface area contributed by atoms with Crippen molar-refractivity contribution in [2.75, 3.05) is 0 Å². The summed E-state index contributed by atoms with van der Waals surface area (Å²) in [6.07, 6.45) is 6.29. The van der Waals surface area contributed by atoms with Gasteiger partial charge in [-0.2, -0.15) is 0 Å². The number of nitro benzene ring substituents is 1. The van der Waals surface area contributed by atoms with Crippen LogP contribution in [0.25, 0.3) is 22.3 Å². The van der Waals surface area contributed by atoms with Gasteiger partial charge in [-0.3, -0.25) is 20.1 Å². The molecule has 22 heavy (non-hydrogen) atoms. The summed E-state index contributed by atoms with van der Waals surface area (Å²) >= 11 is 0. The van der Waals surface area contributed by atoms with Crippen LogP contribution in [0, 0.1) is 10.1 Å². The summed E-state index contributed by atoms with van der Waals surface area (Å²) in [5.41, 5.74) is 1.83. The monoisotopic (exact) mass is 293 g/mol. The van der Waals surface area contributed by atoms with E-state index in [0.29, 0.717) is 22.3 Å². The lowest BCUT2D eigenvalue weighted by molar-refractivity contribution is -0.384. The molecule has 1 aromatic carbocycles. The number of non-ortho nitro benzene ring substituents is 1. The molecule has 0 fully saturated rings. The first-order valence-corrected chi connectivity index (χ1v) is 6.49. The number of hydrogen-bond donors (Lipinski definition) is 1. The summed E-state index contributed by atoms with van der Waals surface area (Å²) in [5, 5.41) is 21.7. The summed E-state index contributed by atoms with van der Waals surface area (Å²) < 4.78 is 0. The highest BCUT2D eigenvalue weighted by Crippen LogP contribution is 2.40. The molecule has 2 heterocycles. The Morgan fingerprint density at radius 3 is 1.82 bits per heavy atom. The van der Waals surface area contributed by atoms with Gasteiger partial charge in [-0.05, 0) is 12.1 Å². The Labute approximate surface area is 125 Å². The van der Waals surface area contributed by atoms with Gasteiger partial charge in [0.05, 0.1) is 4.92 Å². The quantitative estimate of drug-likeness (QED) is 0.590. The maximum atomic E-state index is 11.2. The largest absolute Gasteiger partial charge is 0.507 e. The van der Waals surface area contributed by atoms with Crippen molar-refractivity contribution in [1.29, 1.82) is 0 Å². The molecule has 0 saturated carbocycles. The SMILES string of the molecule is O=[N+]([O-])c1cc(-c2cccnc2)c(O)c(-c2cccnc2)c1. The van der Waals surface area contributed by atoms with Crippen molar-refractivity contribution in [2.24, 2.45) is 0 Å². The van der Waals surface area contributed by atoms with Gasteiger partial charge in [-0.25, -0.2) is 0 Å². The number of benzene rings is 1. The molecule has 0 aliphatic carbocycles. The normalized spacial score (nSPS) is 10.4. The lowest BCUT2D eigenvalue weighted by Gasteiger charge is -2.10. The van der Waals surface area contributed by atoms with Crippen LogP contribution in [0.15, 0.2) is 61.2 Å². The zero-order chi connectivity index (χ0) is 15.5. The van der Waals surface area contributed by atoms with Gasteiger partial charge in [0.1, 0.15) is 5.75 Å². The van der Waals surface area contributed by atoms with Crippen LogP contribution in [0.2, 0.25) is 0 Å². The van der Waals surface area contributed by atoms with Crippen molar-refractivity contribution in [3.63, 3.8) is 0 Å². The average molecular weight is 293 g/mol. The van der Waals surface area contributed by atoms with E-state index in [2.05, 4.69) is 9.97 Å². The zero-order valence-electron chi connectivity index (χ0n) is 11.4. The molecule has 2 aromatic heterocycles. The Kier molecular flexibility index (Phi) is 3.49. The maximum absolute atomic E-state index is 11.2. The second kappa shape index (κ2) is 5.61. The number of phenols is 1. The van der Waals surface area contributed by atoms with Gasteiger partial charge < -0.3 is 5.11 Å². The summed E-state index contributed by atoms with van der Waals surface area (Å²) in [7, 11) is 0. The molecule has 0 saturated heterocycles. The standard InChI is InChI=1S/C16H11N3O3/c20-16-14(11-3-1-5-17-9-11)7-13(19(21)22)8-15(16)12-4-2-6-18-10-12/h1-10,20H. The predicted octanol–water partition coefficient (Wildman–Crippen LogP) is 3.42. The Balaban J connectivity index is 2.27. The van der Waals surface area contributed by atoms with Crippen molar-refractivity contribution in [1.82, 2.24) is 9.97 Å². The number of aromatic nitrogens is 2. The Morgan fingerprint density at radius 2 is 1.45 bits per heavy atom. The second-order valence-corrected chi connectivity index (χ2v) is 4.63. The summed E-state index contributed by atoms with van der Waals surface area (Å²) in [5.74, 6) is -0.0356. The van der Waals surface area contributed by atoms with Crippen LogP contribution in [0.1, 0.15) is 0 Å². The number of aromatic hydroxyl groups is 1. The van der Waals surface area contributed by atoms with Gasteiger partial charge in [-0.1, -0.05) is 12.1 Å². The molecule has 0 unspecified atom stereocenters. The van der Waals surface area contributed by atoms with Gasteiger partial charge in [0.2, 0.25) is 0 Å². The smallest absolute Gasteiger partial charge is 0.270 e. The van der Waals surface area contributed by atoms with Crippen LogP contribution in [0.3, 0.4) is 0 Å². The van der Waals surface area contributed by atoms with E-state index in [1.807, 2.05) is 0 Å². The first kappa shape index (κ1) is 13.7.